The summed E-state index contributed by atoms with van der Waals surface area (Å²) < 4.78 is 0.920. The maximum Gasteiger partial charge on any atom is 0.255 e. The molecule has 5 nitrogen and oxygen atoms in total. The van der Waals surface area contributed by atoms with E-state index in [-0.39, 0.29) is 35.5 Å². The summed E-state index contributed by atoms with van der Waals surface area (Å²) in [5.74, 6) is -1.26. The lowest BCUT2D eigenvalue weighted by Gasteiger charge is -2.22. The van der Waals surface area contributed by atoms with Crippen LogP contribution in [0.5, 0.6) is 0 Å². The van der Waals surface area contributed by atoms with Gasteiger partial charge in [0.15, 0.2) is 0 Å². The van der Waals surface area contributed by atoms with Crippen LogP contribution >= 0.6 is 15.9 Å². The molecule has 1 heterocycles. The van der Waals surface area contributed by atoms with E-state index in [2.05, 4.69) is 21.2 Å². The van der Waals surface area contributed by atoms with Gasteiger partial charge in [0.1, 0.15) is 0 Å². The number of anilines is 2. The zero-order valence-corrected chi connectivity index (χ0v) is 16.8. The van der Waals surface area contributed by atoms with Crippen molar-refractivity contribution in [2.45, 2.75) is 13.3 Å². The van der Waals surface area contributed by atoms with Gasteiger partial charge in [-0.2, -0.15) is 0 Å². The van der Waals surface area contributed by atoms with E-state index >= 15 is 0 Å². The van der Waals surface area contributed by atoms with Crippen LogP contribution < -0.4 is 10.2 Å². The number of hydrogen-bond acceptors (Lipinski definition) is 3. The summed E-state index contributed by atoms with van der Waals surface area (Å²) >= 11 is 3.36. The second-order valence-corrected chi connectivity index (χ2v) is 8.09. The maximum atomic E-state index is 12.9. The Kier molecular flexibility index (Phi) is 4.89. The van der Waals surface area contributed by atoms with Gasteiger partial charge in [0.05, 0.1) is 17.5 Å². The van der Waals surface area contributed by atoms with E-state index in [9.17, 15) is 14.4 Å². The summed E-state index contributed by atoms with van der Waals surface area (Å²) in [6.07, 6.45) is 4.56. The average Bonchev–Trinajstić information content (AvgIpc) is 2.95. The fraction of sp³-hybridized carbons (Fsp3) is 0.227. The third-order valence-corrected chi connectivity index (χ3v) is 5.87. The van der Waals surface area contributed by atoms with Crippen LogP contribution in [0, 0.1) is 17.8 Å². The molecular weight excluding hydrogens is 420 g/mol. The second kappa shape index (κ2) is 7.36. The molecule has 3 atom stereocenters. The van der Waals surface area contributed by atoms with Gasteiger partial charge in [-0.25, -0.2) is 0 Å². The molecule has 0 spiro atoms. The monoisotopic (exact) mass is 438 g/mol. The van der Waals surface area contributed by atoms with Gasteiger partial charge in [0.2, 0.25) is 11.8 Å². The summed E-state index contributed by atoms with van der Waals surface area (Å²) in [6, 6.07) is 13.9. The number of nitrogens with zero attached hydrogens (tertiary/aromatic N) is 1. The minimum atomic E-state index is -0.322. The van der Waals surface area contributed by atoms with Crippen LogP contribution in [0.25, 0.3) is 0 Å². The average molecular weight is 439 g/mol. The molecule has 142 valence electrons. The van der Waals surface area contributed by atoms with Gasteiger partial charge in [0.25, 0.3) is 5.91 Å². The van der Waals surface area contributed by atoms with Gasteiger partial charge >= 0.3 is 0 Å². The lowest BCUT2D eigenvalue weighted by molar-refractivity contribution is -0.122. The van der Waals surface area contributed by atoms with Crippen molar-refractivity contribution in [1.82, 2.24) is 0 Å². The highest BCUT2D eigenvalue weighted by molar-refractivity contribution is 9.10. The van der Waals surface area contributed by atoms with Crippen molar-refractivity contribution in [3.05, 3.63) is 70.7 Å². The molecule has 0 radical (unpaired) electrons. The number of imide groups is 1. The zero-order valence-electron chi connectivity index (χ0n) is 15.3. The van der Waals surface area contributed by atoms with Crippen molar-refractivity contribution in [1.29, 1.82) is 0 Å². The highest BCUT2D eigenvalue weighted by atomic mass is 79.9. The first-order valence-corrected chi connectivity index (χ1v) is 9.96. The zero-order chi connectivity index (χ0) is 19.8. The van der Waals surface area contributed by atoms with Crippen molar-refractivity contribution in [2.24, 2.45) is 17.8 Å². The highest BCUT2D eigenvalue weighted by Crippen LogP contribution is 2.40. The predicted octanol–water partition coefficient (Wildman–Crippen LogP) is 4.40. The summed E-state index contributed by atoms with van der Waals surface area (Å²) in [4.78, 5) is 39.7. The number of carbonyl (C=O) groups is 3. The predicted molar refractivity (Wildman–Crippen MR) is 111 cm³/mol. The van der Waals surface area contributed by atoms with Gasteiger partial charge in [-0.3, -0.25) is 19.3 Å². The Morgan fingerprint density at radius 2 is 1.86 bits per heavy atom. The standard InChI is InChI=1S/C22H19BrN2O3/c1-13-4-2-7-18-19(13)22(28)25(21(18)27)17-6-3-5-14(12-17)20(26)24-16-10-8-15(23)9-11-16/h2-6,8-13,18-19H,7H2,1H3,(H,24,26)/t13-,18-,19+/m1/s1. The number of carbonyl (C=O) groups excluding carboxylic acids is 3. The highest BCUT2D eigenvalue weighted by Gasteiger charge is 2.50. The number of allylic oxidation sites excluding steroid dienone is 2. The molecule has 28 heavy (non-hydrogen) atoms. The minimum absolute atomic E-state index is 0.0316. The lowest BCUT2D eigenvalue weighted by atomic mass is 9.78. The second-order valence-electron chi connectivity index (χ2n) is 7.18. The van der Waals surface area contributed by atoms with Crippen molar-refractivity contribution in [3.8, 4) is 0 Å². The Bertz CT molecular complexity index is 984. The molecule has 0 unspecified atom stereocenters. The van der Waals surface area contributed by atoms with Crippen LogP contribution in [-0.2, 0) is 9.59 Å². The number of nitrogens with one attached hydrogen (secondary N) is 1. The lowest BCUT2D eigenvalue weighted by Crippen LogP contribution is -2.31. The van der Waals surface area contributed by atoms with Crippen molar-refractivity contribution in [2.75, 3.05) is 10.2 Å². The number of amides is 3. The molecule has 2 aromatic rings. The Hall–Kier alpha value is -2.73. The molecule has 1 aliphatic carbocycles. The molecule has 1 N–H and O–H groups in total. The van der Waals surface area contributed by atoms with Gasteiger partial charge < -0.3 is 5.32 Å². The molecule has 1 fully saturated rings. The van der Waals surface area contributed by atoms with Crippen molar-refractivity contribution >= 4 is 45.0 Å². The van der Waals surface area contributed by atoms with Crippen molar-refractivity contribution < 1.29 is 14.4 Å². The van der Waals surface area contributed by atoms with E-state index in [1.165, 1.54) is 4.90 Å². The molecule has 1 aliphatic heterocycles. The van der Waals surface area contributed by atoms with E-state index in [1.54, 1.807) is 36.4 Å². The molecular formula is C22H19BrN2O3. The summed E-state index contributed by atoms with van der Waals surface area (Å²) in [7, 11) is 0. The number of rotatable bonds is 3. The Labute approximate surface area is 171 Å². The van der Waals surface area contributed by atoms with E-state index in [0.717, 1.165) is 4.47 Å². The maximum absolute atomic E-state index is 12.9. The van der Waals surface area contributed by atoms with Gasteiger partial charge in [-0.05, 0) is 54.8 Å². The SMILES string of the molecule is C[C@@H]1C=CC[C@H]2C(=O)N(c3cccc(C(=O)Nc4ccc(Br)cc4)c3)C(=O)[C@@H]12. The molecule has 3 amide bonds. The molecule has 0 aromatic heterocycles. The molecule has 1 saturated heterocycles. The number of halogens is 1. The molecule has 0 bridgehead atoms. The smallest absolute Gasteiger partial charge is 0.255 e. The van der Waals surface area contributed by atoms with Crippen molar-refractivity contribution in [3.63, 3.8) is 0 Å². The van der Waals surface area contributed by atoms with Crippen LogP contribution in [0.1, 0.15) is 23.7 Å². The molecule has 4 rings (SSSR count). The fourth-order valence-corrected chi connectivity index (χ4v) is 4.19. The number of fused-ring (bicyclic) bond motifs is 1. The molecule has 2 aliphatic rings. The Balaban J connectivity index is 1.58. The van der Waals surface area contributed by atoms with Gasteiger partial charge in [-0.1, -0.05) is 41.1 Å². The summed E-state index contributed by atoms with van der Waals surface area (Å²) in [5, 5.41) is 2.82. The van der Waals surface area contributed by atoms with E-state index < -0.39 is 0 Å². The van der Waals surface area contributed by atoms with E-state index in [0.29, 0.717) is 23.4 Å². The van der Waals surface area contributed by atoms with Crippen LogP contribution in [0.4, 0.5) is 11.4 Å². The third kappa shape index (κ3) is 3.29. The summed E-state index contributed by atoms with van der Waals surface area (Å²) in [5.41, 5.74) is 1.50. The topological polar surface area (TPSA) is 66.5 Å². The van der Waals surface area contributed by atoms with E-state index in [4.69, 9.17) is 0 Å². The van der Waals surface area contributed by atoms with Crippen LogP contribution in [-0.4, -0.2) is 17.7 Å². The summed E-state index contributed by atoms with van der Waals surface area (Å²) in [6.45, 7) is 1.96. The van der Waals surface area contributed by atoms with Gasteiger partial charge in [-0.15, -0.1) is 0 Å². The number of hydrogen-bond donors (Lipinski definition) is 1. The van der Waals surface area contributed by atoms with Crippen LogP contribution in [0.3, 0.4) is 0 Å². The Morgan fingerprint density at radius 3 is 2.57 bits per heavy atom. The van der Waals surface area contributed by atoms with Crippen LogP contribution in [0.2, 0.25) is 0 Å². The normalized spacial score (nSPS) is 23.6. The van der Waals surface area contributed by atoms with Gasteiger partial charge in [0, 0.05) is 15.7 Å². The van der Waals surface area contributed by atoms with E-state index in [1.807, 2.05) is 31.2 Å². The third-order valence-electron chi connectivity index (χ3n) is 5.34. The minimum Gasteiger partial charge on any atom is -0.322 e. The molecule has 0 saturated carbocycles. The number of benzene rings is 2. The quantitative estimate of drug-likeness (QED) is 0.570. The first-order chi connectivity index (χ1) is 13.5. The molecule has 2 aromatic carbocycles. The molecule has 6 heteroatoms. The fourth-order valence-electron chi connectivity index (χ4n) is 3.92. The van der Waals surface area contributed by atoms with Crippen LogP contribution in [0.15, 0.2) is 65.2 Å². The Morgan fingerprint density at radius 1 is 1.11 bits per heavy atom. The first-order valence-electron chi connectivity index (χ1n) is 9.17. The first kappa shape index (κ1) is 18.6. The largest absolute Gasteiger partial charge is 0.322 e.